The van der Waals surface area contributed by atoms with Crippen molar-refractivity contribution in [3.8, 4) is 0 Å². The molecule has 0 aliphatic carbocycles. The minimum atomic E-state index is -4.07. The highest BCUT2D eigenvalue weighted by Gasteiger charge is 2.32. The fourth-order valence-corrected chi connectivity index (χ4v) is 5.70. The molecule has 0 bridgehead atoms. The number of nitrogens with zero attached hydrogens (tertiary/aromatic N) is 2. The molecule has 0 aromatic heterocycles. The molecular formula is C31H39N3O4S. The molecule has 39 heavy (non-hydrogen) atoms. The van der Waals surface area contributed by atoms with E-state index in [4.69, 9.17) is 0 Å². The predicted octanol–water partition coefficient (Wildman–Crippen LogP) is 4.91. The maximum absolute atomic E-state index is 13.9. The number of hydrogen-bond donors (Lipinski definition) is 1. The topological polar surface area (TPSA) is 86.8 Å². The number of likely N-dealkylation sites (N-methyl/N-ethyl adjacent to an activating group) is 1. The summed E-state index contributed by atoms with van der Waals surface area (Å²) in [4.78, 5) is 28.2. The highest BCUT2D eigenvalue weighted by atomic mass is 32.2. The van der Waals surface area contributed by atoms with Gasteiger partial charge in [-0.25, -0.2) is 8.42 Å². The third-order valence-electron chi connectivity index (χ3n) is 6.74. The molecule has 2 amide bonds. The van der Waals surface area contributed by atoms with Crippen LogP contribution in [0, 0.1) is 6.92 Å². The molecule has 0 unspecified atom stereocenters. The SMILES string of the molecule is CCNC(=O)[C@@H](C)N(CCc1ccccc1)C(=O)CN(c1ccc(C(C)C)cc1)S(=O)(=O)c1ccc(C)cc1. The smallest absolute Gasteiger partial charge is 0.264 e. The molecule has 0 heterocycles. The van der Waals surface area contributed by atoms with Crippen LogP contribution in [0.3, 0.4) is 0 Å². The highest BCUT2D eigenvalue weighted by Crippen LogP contribution is 2.26. The number of anilines is 1. The van der Waals surface area contributed by atoms with Crippen molar-refractivity contribution in [1.82, 2.24) is 10.2 Å². The Balaban J connectivity index is 1.99. The second kappa shape index (κ2) is 13.4. The van der Waals surface area contributed by atoms with Gasteiger partial charge in [0.1, 0.15) is 12.6 Å². The lowest BCUT2D eigenvalue weighted by Crippen LogP contribution is -2.52. The molecule has 3 rings (SSSR count). The Kier molecular flexibility index (Phi) is 10.3. The Morgan fingerprint density at radius 2 is 1.49 bits per heavy atom. The summed E-state index contributed by atoms with van der Waals surface area (Å²) in [5.74, 6) is -0.462. The molecule has 208 valence electrons. The molecule has 0 saturated heterocycles. The Morgan fingerprint density at radius 3 is 2.05 bits per heavy atom. The van der Waals surface area contributed by atoms with Crippen molar-refractivity contribution in [3.63, 3.8) is 0 Å². The Hall–Kier alpha value is -3.65. The molecule has 0 saturated carbocycles. The van der Waals surface area contributed by atoms with Crippen LogP contribution in [0.15, 0.2) is 83.8 Å². The number of nitrogens with one attached hydrogen (secondary N) is 1. The van der Waals surface area contributed by atoms with Crippen molar-refractivity contribution in [3.05, 3.63) is 95.6 Å². The molecule has 3 aromatic carbocycles. The number of carbonyl (C=O) groups excluding carboxylic acids is 2. The number of carbonyl (C=O) groups is 2. The van der Waals surface area contributed by atoms with Crippen molar-refractivity contribution in [2.75, 3.05) is 23.9 Å². The number of aryl methyl sites for hydroxylation is 1. The zero-order chi connectivity index (χ0) is 28.6. The van der Waals surface area contributed by atoms with Crippen LogP contribution in [0.4, 0.5) is 5.69 Å². The van der Waals surface area contributed by atoms with Crippen LogP contribution in [-0.4, -0.2) is 50.8 Å². The average molecular weight is 550 g/mol. The largest absolute Gasteiger partial charge is 0.355 e. The average Bonchev–Trinajstić information content (AvgIpc) is 2.92. The van der Waals surface area contributed by atoms with Gasteiger partial charge in [0.2, 0.25) is 11.8 Å². The van der Waals surface area contributed by atoms with E-state index in [1.807, 2.05) is 56.3 Å². The summed E-state index contributed by atoms with van der Waals surface area (Å²) in [6, 6.07) is 22.7. The van der Waals surface area contributed by atoms with Gasteiger partial charge in [0.25, 0.3) is 10.0 Å². The first-order chi connectivity index (χ1) is 18.5. The Labute approximate surface area is 232 Å². The van der Waals surface area contributed by atoms with Gasteiger partial charge in [-0.3, -0.25) is 13.9 Å². The number of hydrogen-bond acceptors (Lipinski definition) is 4. The van der Waals surface area contributed by atoms with Gasteiger partial charge >= 0.3 is 0 Å². The van der Waals surface area contributed by atoms with E-state index in [9.17, 15) is 18.0 Å². The molecule has 1 atom stereocenters. The summed E-state index contributed by atoms with van der Waals surface area (Å²) in [5.41, 5.74) is 3.40. The third-order valence-corrected chi connectivity index (χ3v) is 8.53. The van der Waals surface area contributed by atoms with Gasteiger partial charge in [-0.2, -0.15) is 0 Å². The first-order valence-corrected chi connectivity index (χ1v) is 14.8. The highest BCUT2D eigenvalue weighted by molar-refractivity contribution is 7.92. The minimum absolute atomic E-state index is 0.0986. The Bertz CT molecular complexity index is 1340. The summed E-state index contributed by atoms with van der Waals surface area (Å²) in [6.45, 7) is 9.76. The molecule has 0 aliphatic rings. The lowest BCUT2D eigenvalue weighted by Gasteiger charge is -2.32. The lowest BCUT2D eigenvalue weighted by molar-refractivity contribution is -0.138. The van der Waals surface area contributed by atoms with Crippen LogP contribution in [0.25, 0.3) is 0 Å². The third kappa shape index (κ3) is 7.69. The molecule has 1 N–H and O–H groups in total. The summed E-state index contributed by atoms with van der Waals surface area (Å²) in [5, 5.41) is 2.78. The van der Waals surface area contributed by atoms with E-state index < -0.39 is 28.5 Å². The second-order valence-corrected chi connectivity index (χ2v) is 11.8. The van der Waals surface area contributed by atoms with E-state index in [0.29, 0.717) is 18.7 Å². The van der Waals surface area contributed by atoms with E-state index in [2.05, 4.69) is 19.2 Å². The summed E-state index contributed by atoms with van der Waals surface area (Å²) < 4.78 is 28.9. The van der Waals surface area contributed by atoms with Crippen molar-refractivity contribution in [2.24, 2.45) is 0 Å². The van der Waals surface area contributed by atoms with Gasteiger partial charge in [0, 0.05) is 13.1 Å². The van der Waals surface area contributed by atoms with Gasteiger partial charge in [-0.1, -0.05) is 74.0 Å². The first-order valence-electron chi connectivity index (χ1n) is 13.3. The number of amides is 2. The molecular weight excluding hydrogens is 510 g/mol. The van der Waals surface area contributed by atoms with Crippen LogP contribution < -0.4 is 9.62 Å². The van der Waals surface area contributed by atoms with Gasteiger partial charge in [-0.05, 0) is 68.5 Å². The number of sulfonamides is 1. The maximum atomic E-state index is 13.9. The standard InChI is InChI=1S/C31H39N3O4S/c1-6-32-31(36)25(5)33(21-20-26-10-8-7-9-11-26)30(35)22-34(28-16-14-27(15-17-28)23(2)3)39(37,38)29-18-12-24(4)13-19-29/h7-19,23,25H,6,20-22H2,1-5H3,(H,32,36)/t25-/m1/s1. The monoisotopic (exact) mass is 549 g/mol. The summed E-state index contributed by atoms with van der Waals surface area (Å²) in [7, 11) is -4.07. The summed E-state index contributed by atoms with van der Waals surface area (Å²) >= 11 is 0. The van der Waals surface area contributed by atoms with E-state index >= 15 is 0 Å². The molecule has 0 radical (unpaired) electrons. The van der Waals surface area contributed by atoms with E-state index in [1.165, 1.54) is 4.90 Å². The van der Waals surface area contributed by atoms with Crippen LogP contribution in [0.2, 0.25) is 0 Å². The molecule has 7 nitrogen and oxygen atoms in total. The van der Waals surface area contributed by atoms with Crippen LogP contribution in [0.1, 0.15) is 50.3 Å². The summed E-state index contributed by atoms with van der Waals surface area (Å²) in [6.07, 6.45) is 0.532. The van der Waals surface area contributed by atoms with Crippen LogP contribution in [0.5, 0.6) is 0 Å². The normalized spacial score (nSPS) is 12.2. The van der Waals surface area contributed by atoms with Crippen molar-refractivity contribution < 1.29 is 18.0 Å². The van der Waals surface area contributed by atoms with Crippen LogP contribution in [-0.2, 0) is 26.0 Å². The van der Waals surface area contributed by atoms with Gasteiger partial charge in [-0.15, -0.1) is 0 Å². The number of rotatable bonds is 12. The fourth-order valence-electron chi connectivity index (χ4n) is 4.28. The van der Waals surface area contributed by atoms with Gasteiger partial charge < -0.3 is 10.2 Å². The molecule has 8 heteroatoms. The molecule has 0 aliphatic heterocycles. The zero-order valence-corrected chi connectivity index (χ0v) is 24.2. The molecule has 0 spiro atoms. The minimum Gasteiger partial charge on any atom is -0.355 e. The van der Waals surface area contributed by atoms with E-state index in [-0.39, 0.29) is 23.3 Å². The van der Waals surface area contributed by atoms with Crippen molar-refractivity contribution in [2.45, 2.75) is 57.9 Å². The van der Waals surface area contributed by atoms with Gasteiger partial charge in [0.15, 0.2) is 0 Å². The maximum Gasteiger partial charge on any atom is 0.264 e. The fraction of sp³-hybridized carbons (Fsp3) is 0.355. The number of benzene rings is 3. The predicted molar refractivity (Wildman–Crippen MR) is 156 cm³/mol. The zero-order valence-electron chi connectivity index (χ0n) is 23.4. The van der Waals surface area contributed by atoms with Crippen molar-refractivity contribution >= 4 is 27.5 Å². The van der Waals surface area contributed by atoms with Gasteiger partial charge in [0.05, 0.1) is 10.6 Å². The molecule has 0 fully saturated rings. The van der Waals surface area contributed by atoms with Crippen LogP contribution >= 0.6 is 0 Å². The Morgan fingerprint density at radius 1 is 0.872 bits per heavy atom. The van der Waals surface area contributed by atoms with Crippen molar-refractivity contribution in [1.29, 1.82) is 0 Å². The second-order valence-electron chi connectivity index (χ2n) is 9.96. The molecule has 3 aromatic rings. The van der Waals surface area contributed by atoms with E-state index in [0.717, 1.165) is 21.0 Å². The van der Waals surface area contributed by atoms with E-state index in [1.54, 1.807) is 43.3 Å². The first kappa shape index (κ1) is 29.9. The quantitative estimate of drug-likeness (QED) is 0.348. The lowest BCUT2D eigenvalue weighted by atomic mass is 10.0.